The van der Waals surface area contributed by atoms with Crippen LogP contribution < -0.4 is 0 Å². The summed E-state index contributed by atoms with van der Waals surface area (Å²) in [6.07, 6.45) is 6.39. The molecular formula is C22H30N2O3. The lowest BCUT2D eigenvalue weighted by atomic mass is 9.74. The number of benzene rings is 1. The van der Waals surface area contributed by atoms with Gasteiger partial charge in [-0.25, -0.2) is 0 Å². The molecule has 1 N–H and O–H groups in total. The summed E-state index contributed by atoms with van der Waals surface area (Å²) in [5.41, 5.74) is 2.24. The van der Waals surface area contributed by atoms with E-state index in [-0.39, 0.29) is 42.3 Å². The fourth-order valence-corrected chi connectivity index (χ4v) is 4.18. The Morgan fingerprint density at radius 2 is 1.89 bits per heavy atom. The first kappa shape index (κ1) is 19.6. The molecule has 0 bridgehead atoms. The van der Waals surface area contributed by atoms with Crippen molar-refractivity contribution in [2.24, 2.45) is 5.92 Å². The average Bonchev–Trinajstić information content (AvgIpc) is 3.50. The molecule has 5 nitrogen and oxygen atoms in total. The number of aliphatic hydroxyl groups is 1. The standard InChI is InChI=1S/C22H30N2O3/c1-4-6-15-7-9-16(10-8-15)21-18(13-23(3)22(27)17-11-12-17)24(19(21)14-25)20(26)5-2/h4,6-10,17-19,21,25H,5,11-14H2,1-3H3/b6-4+/t18-,19+,21-/m0/s1. The van der Waals surface area contributed by atoms with E-state index in [4.69, 9.17) is 0 Å². The van der Waals surface area contributed by atoms with Crippen molar-refractivity contribution in [3.63, 3.8) is 0 Å². The van der Waals surface area contributed by atoms with Crippen LogP contribution >= 0.6 is 0 Å². The predicted molar refractivity (Wildman–Crippen MR) is 106 cm³/mol. The summed E-state index contributed by atoms with van der Waals surface area (Å²) in [5, 5.41) is 9.95. The lowest BCUT2D eigenvalue weighted by molar-refractivity contribution is -0.154. The average molecular weight is 370 g/mol. The predicted octanol–water partition coefficient (Wildman–Crippen LogP) is 2.65. The monoisotopic (exact) mass is 370 g/mol. The van der Waals surface area contributed by atoms with Gasteiger partial charge in [0.05, 0.1) is 18.7 Å². The first-order valence-electron chi connectivity index (χ1n) is 9.91. The molecule has 1 heterocycles. The molecule has 2 fully saturated rings. The van der Waals surface area contributed by atoms with Crippen LogP contribution in [0.15, 0.2) is 30.3 Å². The fraction of sp³-hybridized carbons (Fsp3) is 0.545. The largest absolute Gasteiger partial charge is 0.394 e. The quantitative estimate of drug-likeness (QED) is 0.803. The Morgan fingerprint density at radius 1 is 1.22 bits per heavy atom. The molecule has 1 aliphatic carbocycles. The van der Waals surface area contributed by atoms with Crippen molar-refractivity contribution in [3.05, 3.63) is 41.5 Å². The molecular weight excluding hydrogens is 340 g/mol. The van der Waals surface area contributed by atoms with Crippen molar-refractivity contribution in [1.29, 1.82) is 0 Å². The summed E-state index contributed by atoms with van der Waals surface area (Å²) in [5.74, 6) is 0.416. The summed E-state index contributed by atoms with van der Waals surface area (Å²) in [4.78, 5) is 28.5. The summed E-state index contributed by atoms with van der Waals surface area (Å²) < 4.78 is 0. The second-order valence-corrected chi connectivity index (χ2v) is 7.66. The smallest absolute Gasteiger partial charge is 0.225 e. The number of likely N-dealkylation sites (N-methyl/N-ethyl adjacent to an activating group) is 1. The molecule has 0 radical (unpaired) electrons. The van der Waals surface area contributed by atoms with Crippen LogP contribution in [-0.4, -0.2) is 59.0 Å². The Bertz CT molecular complexity index is 709. The van der Waals surface area contributed by atoms with Gasteiger partial charge in [-0.15, -0.1) is 0 Å². The highest BCUT2D eigenvalue weighted by Gasteiger charge is 2.51. The third kappa shape index (κ3) is 3.93. The summed E-state index contributed by atoms with van der Waals surface area (Å²) >= 11 is 0. The van der Waals surface area contributed by atoms with Crippen LogP contribution in [0.25, 0.3) is 6.08 Å². The van der Waals surface area contributed by atoms with Crippen molar-refractivity contribution in [2.75, 3.05) is 20.2 Å². The van der Waals surface area contributed by atoms with E-state index in [1.807, 2.05) is 33.0 Å². The number of rotatable bonds is 7. The molecule has 1 aliphatic heterocycles. The molecule has 0 aromatic heterocycles. The third-order valence-corrected chi connectivity index (χ3v) is 5.77. The lowest BCUT2D eigenvalue weighted by Gasteiger charge is -2.56. The highest BCUT2D eigenvalue weighted by molar-refractivity contribution is 5.81. The van der Waals surface area contributed by atoms with Crippen LogP contribution in [0.4, 0.5) is 0 Å². The maximum absolute atomic E-state index is 12.5. The van der Waals surface area contributed by atoms with Gasteiger partial charge >= 0.3 is 0 Å². The number of aliphatic hydroxyl groups excluding tert-OH is 1. The molecule has 27 heavy (non-hydrogen) atoms. The van der Waals surface area contributed by atoms with Crippen molar-refractivity contribution < 1.29 is 14.7 Å². The molecule has 3 rings (SSSR count). The van der Waals surface area contributed by atoms with Crippen molar-refractivity contribution in [3.8, 4) is 0 Å². The molecule has 0 unspecified atom stereocenters. The Hall–Kier alpha value is -2.14. The van der Waals surface area contributed by atoms with Crippen LogP contribution in [0.1, 0.15) is 50.2 Å². The Balaban J connectivity index is 1.83. The van der Waals surface area contributed by atoms with Gasteiger partial charge in [-0.3, -0.25) is 9.59 Å². The van der Waals surface area contributed by atoms with Gasteiger partial charge in [0.25, 0.3) is 0 Å². The Kier molecular flexibility index (Phi) is 6.00. The SMILES string of the molecule is C/C=C/c1ccc([C@@H]2[C@@H](CO)N(C(=O)CC)[C@H]2CN(C)C(=O)C2CC2)cc1. The van der Waals surface area contributed by atoms with Crippen molar-refractivity contribution in [2.45, 2.75) is 51.1 Å². The van der Waals surface area contributed by atoms with Gasteiger partial charge in [-0.2, -0.15) is 0 Å². The van der Waals surface area contributed by atoms with Crippen molar-refractivity contribution in [1.82, 2.24) is 9.80 Å². The molecule has 2 aliphatic rings. The van der Waals surface area contributed by atoms with E-state index in [1.165, 1.54) is 0 Å². The maximum atomic E-state index is 12.5. The Labute approximate surface area is 161 Å². The first-order valence-corrected chi connectivity index (χ1v) is 9.91. The molecule has 1 saturated carbocycles. The molecule has 5 heteroatoms. The summed E-state index contributed by atoms with van der Waals surface area (Å²) in [6, 6.07) is 7.96. The number of likely N-dealkylation sites (tertiary alicyclic amines) is 1. The van der Waals surface area contributed by atoms with Crippen LogP contribution in [-0.2, 0) is 9.59 Å². The zero-order chi connectivity index (χ0) is 19.6. The number of hydrogen-bond donors (Lipinski definition) is 1. The molecule has 1 aromatic rings. The van der Waals surface area contributed by atoms with E-state index in [2.05, 4.69) is 24.3 Å². The topological polar surface area (TPSA) is 60.9 Å². The number of allylic oxidation sites excluding steroid dienone is 1. The van der Waals surface area contributed by atoms with Gasteiger partial charge in [0.15, 0.2) is 0 Å². The zero-order valence-electron chi connectivity index (χ0n) is 16.5. The molecule has 1 aromatic carbocycles. The van der Waals surface area contributed by atoms with E-state index in [9.17, 15) is 14.7 Å². The highest BCUT2D eigenvalue weighted by Crippen LogP contribution is 2.42. The molecule has 3 atom stereocenters. The lowest BCUT2D eigenvalue weighted by Crippen LogP contribution is -2.68. The van der Waals surface area contributed by atoms with E-state index in [1.54, 1.807) is 9.80 Å². The second-order valence-electron chi connectivity index (χ2n) is 7.66. The van der Waals surface area contributed by atoms with Crippen LogP contribution in [0.5, 0.6) is 0 Å². The number of amides is 2. The number of carbonyl (C=O) groups is 2. The van der Waals surface area contributed by atoms with Crippen molar-refractivity contribution >= 4 is 17.9 Å². The van der Waals surface area contributed by atoms with Crippen LogP contribution in [0, 0.1) is 5.92 Å². The maximum Gasteiger partial charge on any atom is 0.225 e. The van der Waals surface area contributed by atoms with E-state index >= 15 is 0 Å². The minimum atomic E-state index is -0.223. The molecule has 2 amide bonds. The van der Waals surface area contributed by atoms with E-state index in [0.717, 1.165) is 24.0 Å². The normalized spacial score (nSPS) is 24.7. The number of carbonyl (C=O) groups excluding carboxylic acids is 2. The minimum Gasteiger partial charge on any atom is -0.394 e. The van der Waals surface area contributed by atoms with Gasteiger partial charge in [0.2, 0.25) is 11.8 Å². The third-order valence-electron chi connectivity index (χ3n) is 5.77. The number of hydrogen-bond acceptors (Lipinski definition) is 3. The second kappa shape index (κ2) is 8.26. The highest BCUT2D eigenvalue weighted by atomic mass is 16.3. The van der Waals surface area contributed by atoms with E-state index < -0.39 is 0 Å². The van der Waals surface area contributed by atoms with Gasteiger partial charge in [0, 0.05) is 31.8 Å². The van der Waals surface area contributed by atoms with E-state index in [0.29, 0.717) is 13.0 Å². The van der Waals surface area contributed by atoms with Gasteiger partial charge in [-0.05, 0) is 30.9 Å². The summed E-state index contributed by atoms with van der Waals surface area (Å²) in [6.45, 7) is 4.27. The minimum absolute atomic E-state index is 0.0353. The summed E-state index contributed by atoms with van der Waals surface area (Å²) in [7, 11) is 1.83. The van der Waals surface area contributed by atoms with Gasteiger partial charge in [-0.1, -0.05) is 43.3 Å². The fourth-order valence-electron chi connectivity index (χ4n) is 4.18. The number of nitrogens with zero attached hydrogens (tertiary/aromatic N) is 2. The Morgan fingerprint density at radius 3 is 2.41 bits per heavy atom. The van der Waals surface area contributed by atoms with Gasteiger partial charge in [0.1, 0.15) is 0 Å². The molecule has 1 saturated heterocycles. The zero-order valence-corrected chi connectivity index (χ0v) is 16.5. The van der Waals surface area contributed by atoms with Crippen LogP contribution in [0.3, 0.4) is 0 Å². The van der Waals surface area contributed by atoms with Crippen LogP contribution in [0.2, 0.25) is 0 Å². The molecule has 146 valence electrons. The van der Waals surface area contributed by atoms with Gasteiger partial charge < -0.3 is 14.9 Å². The first-order chi connectivity index (χ1) is 13.0. The molecule has 0 spiro atoms.